The number of nitrogens with zero attached hydrogens (tertiary/aromatic N) is 1. The Morgan fingerprint density at radius 3 is 2.56 bits per heavy atom. The van der Waals surface area contributed by atoms with E-state index in [-0.39, 0.29) is 15.9 Å². The van der Waals surface area contributed by atoms with Crippen LogP contribution in [0, 0.1) is 11.6 Å². The molecule has 2 aromatic rings. The Balaban J connectivity index is 2.92. The first kappa shape index (κ1) is 10.8. The molecule has 6 heteroatoms. The van der Waals surface area contributed by atoms with Gasteiger partial charge in [0.05, 0.1) is 10.4 Å². The van der Waals surface area contributed by atoms with Crippen molar-refractivity contribution in [3.05, 3.63) is 40.6 Å². The standard InChI is InChI=1S/C10H4ClF2NO2/c11-4-3-7(10(15)16)14-9-6(13)2-1-5(12)8(4)9/h1-3H,(H,15,16). The lowest BCUT2D eigenvalue weighted by Crippen LogP contribution is -2.02. The SMILES string of the molecule is O=C(O)c1cc(Cl)c2c(F)ccc(F)c2n1. The zero-order valence-corrected chi connectivity index (χ0v) is 8.42. The minimum atomic E-state index is -1.35. The van der Waals surface area contributed by atoms with Gasteiger partial charge in [0.25, 0.3) is 0 Å². The van der Waals surface area contributed by atoms with E-state index >= 15 is 0 Å². The number of hydrogen-bond acceptors (Lipinski definition) is 2. The largest absolute Gasteiger partial charge is 0.477 e. The Morgan fingerprint density at radius 1 is 1.31 bits per heavy atom. The van der Waals surface area contributed by atoms with Gasteiger partial charge < -0.3 is 5.11 Å². The van der Waals surface area contributed by atoms with Crippen molar-refractivity contribution < 1.29 is 18.7 Å². The Hall–Kier alpha value is -1.75. The molecule has 2 rings (SSSR count). The number of carboxylic acids is 1. The minimum absolute atomic E-state index is 0.181. The molecule has 1 N–H and O–H groups in total. The number of aromatic carboxylic acids is 1. The van der Waals surface area contributed by atoms with E-state index in [0.717, 1.165) is 18.2 Å². The Labute approximate surface area is 93.3 Å². The van der Waals surface area contributed by atoms with Crippen molar-refractivity contribution in [3.63, 3.8) is 0 Å². The van der Waals surface area contributed by atoms with Gasteiger partial charge in [0.2, 0.25) is 0 Å². The molecule has 82 valence electrons. The summed E-state index contributed by atoms with van der Waals surface area (Å²) in [5, 5.41) is 8.29. The molecule has 1 aromatic carbocycles. The van der Waals surface area contributed by atoms with Gasteiger partial charge in [-0.2, -0.15) is 0 Å². The van der Waals surface area contributed by atoms with Crippen LogP contribution in [0.1, 0.15) is 10.5 Å². The van der Waals surface area contributed by atoms with Crippen LogP contribution in [0.25, 0.3) is 10.9 Å². The van der Waals surface area contributed by atoms with Crippen LogP contribution < -0.4 is 0 Å². The summed E-state index contributed by atoms with van der Waals surface area (Å²) in [6.07, 6.45) is 0. The fourth-order valence-electron chi connectivity index (χ4n) is 1.33. The highest BCUT2D eigenvalue weighted by molar-refractivity contribution is 6.35. The molecule has 0 aliphatic heterocycles. The quantitative estimate of drug-likeness (QED) is 0.838. The molecule has 0 saturated carbocycles. The third kappa shape index (κ3) is 1.59. The maximum Gasteiger partial charge on any atom is 0.354 e. The Kier molecular flexibility index (Phi) is 2.47. The van der Waals surface area contributed by atoms with Crippen LogP contribution in [0.5, 0.6) is 0 Å². The van der Waals surface area contributed by atoms with Gasteiger partial charge >= 0.3 is 5.97 Å². The van der Waals surface area contributed by atoms with Gasteiger partial charge in [-0.3, -0.25) is 0 Å². The van der Waals surface area contributed by atoms with Crippen molar-refractivity contribution in [3.8, 4) is 0 Å². The molecule has 0 fully saturated rings. The second kappa shape index (κ2) is 3.68. The van der Waals surface area contributed by atoms with Crippen molar-refractivity contribution in [2.75, 3.05) is 0 Å². The second-order valence-corrected chi connectivity index (χ2v) is 3.45. The molecule has 0 atom stereocenters. The number of rotatable bonds is 1. The molecule has 0 amide bonds. The lowest BCUT2D eigenvalue weighted by atomic mass is 10.2. The number of benzene rings is 1. The summed E-state index contributed by atoms with van der Waals surface area (Å²) >= 11 is 5.67. The molecule has 1 aromatic heterocycles. The van der Waals surface area contributed by atoms with E-state index < -0.39 is 23.3 Å². The highest BCUT2D eigenvalue weighted by atomic mass is 35.5. The number of carboxylic acid groups (broad SMARTS) is 1. The average molecular weight is 244 g/mol. The molecule has 0 spiro atoms. The van der Waals surface area contributed by atoms with Crippen molar-refractivity contribution in [2.24, 2.45) is 0 Å². The monoisotopic (exact) mass is 243 g/mol. The van der Waals surface area contributed by atoms with Crippen molar-refractivity contribution >= 4 is 28.5 Å². The van der Waals surface area contributed by atoms with Crippen molar-refractivity contribution in [1.29, 1.82) is 0 Å². The topological polar surface area (TPSA) is 50.2 Å². The molecule has 3 nitrogen and oxygen atoms in total. The Morgan fingerprint density at radius 2 is 1.94 bits per heavy atom. The van der Waals surface area contributed by atoms with Crippen molar-refractivity contribution in [1.82, 2.24) is 4.98 Å². The van der Waals surface area contributed by atoms with Crippen LogP contribution in [0.4, 0.5) is 8.78 Å². The number of fused-ring (bicyclic) bond motifs is 1. The van der Waals surface area contributed by atoms with Gasteiger partial charge in [-0.25, -0.2) is 18.6 Å². The van der Waals surface area contributed by atoms with E-state index in [1.807, 2.05) is 0 Å². The maximum atomic E-state index is 13.3. The molecule has 16 heavy (non-hydrogen) atoms. The summed E-state index contributed by atoms with van der Waals surface area (Å²) in [6.45, 7) is 0. The van der Waals surface area contributed by atoms with Crippen LogP contribution >= 0.6 is 11.6 Å². The molecule has 0 radical (unpaired) electrons. The van der Waals surface area contributed by atoms with Crippen LogP contribution in [-0.4, -0.2) is 16.1 Å². The van der Waals surface area contributed by atoms with Crippen LogP contribution in [0.2, 0.25) is 5.02 Å². The molecule has 0 aliphatic rings. The molecule has 0 aliphatic carbocycles. The second-order valence-electron chi connectivity index (χ2n) is 3.05. The lowest BCUT2D eigenvalue weighted by Gasteiger charge is -2.04. The molecule has 0 saturated heterocycles. The highest BCUT2D eigenvalue weighted by Crippen LogP contribution is 2.27. The fraction of sp³-hybridized carbons (Fsp3) is 0. The normalized spacial score (nSPS) is 10.7. The Bertz CT molecular complexity index is 601. The fourth-order valence-corrected chi connectivity index (χ4v) is 1.62. The average Bonchev–Trinajstić information content (AvgIpc) is 2.22. The van der Waals surface area contributed by atoms with Gasteiger partial charge in [0.1, 0.15) is 17.2 Å². The van der Waals surface area contributed by atoms with Crippen molar-refractivity contribution in [2.45, 2.75) is 0 Å². The first-order valence-electron chi connectivity index (χ1n) is 4.18. The van der Waals surface area contributed by atoms with Gasteiger partial charge in [0.15, 0.2) is 5.69 Å². The van der Waals surface area contributed by atoms with E-state index in [1.54, 1.807) is 0 Å². The minimum Gasteiger partial charge on any atom is -0.477 e. The third-order valence-corrected chi connectivity index (χ3v) is 2.33. The van der Waals surface area contributed by atoms with E-state index in [1.165, 1.54) is 0 Å². The molecular formula is C10H4ClF2NO2. The van der Waals surface area contributed by atoms with Crippen LogP contribution in [-0.2, 0) is 0 Å². The zero-order valence-electron chi connectivity index (χ0n) is 7.67. The summed E-state index contributed by atoms with van der Waals surface area (Å²) < 4.78 is 26.6. The summed E-state index contributed by atoms with van der Waals surface area (Å²) in [5.41, 5.74) is -0.813. The predicted molar refractivity (Wildman–Crippen MR) is 53.6 cm³/mol. The van der Waals surface area contributed by atoms with E-state index in [0.29, 0.717) is 0 Å². The number of hydrogen-bond donors (Lipinski definition) is 1. The van der Waals surface area contributed by atoms with E-state index in [9.17, 15) is 13.6 Å². The van der Waals surface area contributed by atoms with Gasteiger partial charge in [-0.05, 0) is 18.2 Å². The molecule has 0 bridgehead atoms. The van der Waals surface area contributed by atoms with Gasteiger partial charge in [0, 0.05) is 0 Å². The summed E-state index contributed by atoms with van der Waals surface area (Å²) in [5.74, 6) is -2.92. The predicted octanol–water partition coefficient (Wildman–Crippen LogP) is 2.86. The van der Waals surface area contributed by atoms with Crippen LogP contribution in [0.3, 0.4) is 0 Å². The van der Waals surface area contributed by atoms with Gasteiger partial charge in [-0.15, -0.1) is 0 Å². The summed E-state index contributed by atoms with van der Waals surface area (Å²) in [6, 6.07) is 2.76. The molecular weight excluding hydrogens is 240 g/mol. The van der Waals surface area contributed by atoms with Crippen LogP contribution in [0.15, 0.2) is 18.2 Å². The third-order valence-electron chi connectivity index (χ3n) is 2.03. The summed E-state index contributed by atoms with van der Waals surface area (Å²) in [4.78, 5) is 14.2. The lowest BCUT2D eigenvalue weighted by molar-refractivity contribution is 0.0691. The number of halogens is 3. The summed E-state index contributed by atoms with van der Waals surface area (Å²) in [7, 11) is 0. The maximum absolute atomic E-state index is 13.3. The number of aromatic nitrogens is 1. The molecule has 0 unspecified atom stereocenters. The first-order chi connectivity index (χ1) is 7.50. The van der Waals surface area contributed by atoms with E-state index in [4.69, 9.17) is 16.7 Å². The number of pyridine rings is 1. The smallest absolute Gasteiger partial charge is 0.354 e. The first-order valence-corrected chi connectivity index (χ1v) is 4.56. The van der Waals surface area contributed by atoms with Gasteiger partial charge in [-0.1, -0.05) is 11.6 Å². The molecule has 1 heterocycles. The number of carbonyl (C=O) groups is 1. The zero-order chi connectivity index (χ0) is 11.9. The van der Waals surface area contributed by atoms with E-state index in [2.05, 4.69) is 4.98 Å². The highest BCUT2D eigenvalue weighted by Gasteiger charge is 2.15.